The van der Waals surface area contributed by atoms with Gasteiger partial charge >= 0.3 is 0 Å². The van der Waals surface area contributed by atoms with E-state index < -0.39 is 0 Å². The molecule has 0 bridgehead atoms. The fourth-order valence-corrected chi connectivity index (χ4v) is 8.59. The predicted octanol–water partition coefficient (Wildman–Crippen LogP) is 16.2. The highest BCUT2D eigenvalue weighted by Crippen LogP contribution is 2.44. The molecule has 59 heavy (non-hydrogen) atoms. The van der Waals surface area contributed by atoms with Gasteiger partial charge in [-0.15, -0.1) is 0 Å². The van der Waals surface area contributed by atoms with E-state index in [0.717, 1.165) is 56.1 Å². The lowest BCUT2D eigenvalue weighted by Crippen LogP contribution is -2.12. The first-order valence-electron chi connectivity index (χ1n) is 20.1. The van der Waals surface area contributed by atoms with Crippen LogP contribution in [0.5, 0.6) is 0 Å². The maximum absolute atomic E-state index is 6.32. The van der Waals surface area contributed by atoms with Crippen LogP contribution in [0.4, 0.5) is 34.1 Å². The number of hydrogen-bond acceptors (Lipinski definition) is 3. The van der Waals surface area contributed by atoms with Gasteiger partial charge in [0.1, 0.15) is 11.2 Å². The van der Waals surface area contributed by atoms with Crippen molar-refractivity contribution >= 4 is 77.6 Å². The summed E-state index contributed by atoms with van der Waals surface area (Å²) in [6.45, 7) is 0. The molecule has 0 saturated heterocycles. The summed E-state index contributed by atoms with van der Waals surface area (Å²) in [5.41, 5.74) is 13.1. The number of rotatable bonds is 8. The Hall–Kier alpha value is -7.88. The molecule has 0 N–H and O–H groups in total. The molecule has 3 heteroatoms. The summed E-state index contributed by atoms with van der Waals surface area (Å²) in [5.74, 6) is 0. The third-order valence-electron chi connectivity index (χ3n) is 11.4. The summed E-state index contributed by atoms with van der Waals surface area (Å²) in [7, 11) is 0. The molecular weight excluding hydrogens is 717 g/mol. The van der Waals surface area contributed by atoms with E-state index in [0.29, 0.717) is 0 Å². The number of furan rings is 1. The van der Waals surface area contributed by atoms with E-state index in [2.05, 4.69) is 228 Å². The van der Waals surface area contributed by atoms with E-state index >= 15 is 0 Å². The fourth-order valence-electron chi connectivity index (χ4n) is 8.59. The Balaban J connectivity index is 0.934. The Bertz CT molecular complexity index is 3260. The number of hydrogen-bond donors (Lipinski definition) is 0. The third kappa shape index (κ3) is 6.26. The monoisotopic (exact) mass is 754 g/mol. The van der Waals surface area contributed by atoms with Crippen molar-refractivity contribution in [1.29, 1.82) is 0 Å². The molecule has 0 aliphatic heterocycles. The van der Waals surface area contributed by atoms with Gasteiger partial charge in [0.25, 0.3) is 0 Å². The molecule has 0 fully saturated rings. The maximum atomic E-state index is 6.32. The van der Waals surface area contributed by atoms with Crippen molar-refractivity contribution < 1.29 is 4.42 Å². The molecule has 0 saturated carbocycles. The molecule has 0 amide bonds. The van der Waals surface area contributed by atoms with E-state index in [1.54, 1.807) is 0 Å². The van der Waals surface area contributed by atoms with Crippen molar-refractivity contribution in [3.05, 3.63) is 231 Å². The summed E-state index contributed by atoms with van der Waals surface area (Å²) < 4.78 is 6.32. The van der Waals surface area contributed by atoms with Crippen molar-refractivity contribution in [2.75, 3.05) is 9.80 Å². The Morgan fingerprint density at radius 1 is 0.288 bits per heavy atom. The fraction of sp³-hybridized carbons (Fsp3) is 0. The number of para-hydroxylation sites is 3. The van der Waals surface area contributed by atoms with Crippen LogP contribution >= 0.6 is 0 Å². The van der Waals surface area contributed by atoms with Crippen LogP contribution in [-0.4, -0.2) is 0 Å². The lowest BCUT2D eigenvalue weighted by Gasteiger charge is -2.28. The van der Waals surface area contributed by atoms with Gasteiger partial charge in [0, 0.05) is 33.8 Å². The van der Waals surface area contributed by atoms with Gasteiger partial charge in [0.15, 0.2) is 0 Å². The smallest absolute Gasteiger partial charge is 0.137 e. The molecule has 1 aromatic heterocycles. The highest BCUT2D eigenvalue weighted by molar-refractivity contribution is 6.13. The highest BCUT2D eigenvalue weighted by Gasteiger charge is 2.20. The first-order chi connectivity index (χ1) is 29.2. The average molecular weight is 755 g/mol. The average Bonchev–Trinajstić information content (AvgIpc) is 3.70. The number of nitrogens with zero attached hydrogens (tertiary/aromatic N) is 2. The standard InChI is InChI=1S/C56H38N2O/c1-3-15-45(16-4-1)57(47-31-29-39(30-32-47)41-25-26-43-38-44(28-27-42(43)37-41)51-21-11-14-40-13-7-8-19-50(40)51)48-33-35-49(36-34-48)58(46-17-5-2-6-18-46)53-22-12-24-55-56(53)52-20-9-10-23-54(52)59-55/h1-38H. The minimum absolute atomic E-state index is 0.870. The van der Waals surface area contributed by atoms with Gasteiger partial charge < -0.3 is 14.2 Å². The van der Waals surface area contributed by atoms with E-state index in [9.17, 15) is 0 Å². The molecule has 278 valence electrons. The minimum Gasteiger partial charge on any atom is -0.456 e. The molecular formula is C56H38N2O. The first-order valence-corrected chi connectivity index (χ1v) is 20.1. The van der Waals surface area contributed by atoms with Gasteiger partial charge in [0.2, 0.25) is 0 Å². The Labute approximate surface area is 343 Å². The second-order valence-electron chi connectivity index (χ2n) is 15.0. The topological polar surface area (TPSA) is 19.6 Å². The molecule has 11 aromatic rings. The summed E-state index contributed by atoms with van der Waals surface area (Å²) in [5, 5.41) is 7.19. The van der Waals surface area contributed by atoms with E-state index in [4.69, 9.17) is 4.42 Å². The van der Waals surface area contributed by atoms with Crippen molar-refractivity contribution in [3.8, 4) is 22.3 Å². The number of benzene rings is 10. The lowest BCUT2D eigenvalue weighted by atomic mass is 9.95. The van der Waals surface area contributed by atoms with Crippen LogP contribution in [0.2, 0.25) is 0 Å². The van der Waals surface area contributed by atoms with Crippen molar-refractivity contribution in [2.45, 2.75) is 0 Å². The molecule has 3 nitrogen and oxygen atoms in total. The lowest BCUT2D eigenvalue weighted by molar-refractivity contribution is 0.669. The van der Waals surface area contributed by atoms with Crippen LogP contribution in [0, 0.1) is 0 Å². The van der Waals surface area contributed by atoms with Crippen molar-refractivity contribution in [1.82, 2.24) is 0 Å². The molecule has 0 aliphatic carbocycles. The van der Waals surface area contributed by atoms with Gasteiger partial charge in [0.05, 0.1) is 11.1 Å². The Kier molecular flexibility index (Phi) is 8.49. The van der Waals surface area contributed by atoms with Crippen LogP contribution < -0.4 is 9.80 Å². The Morgan fingerprint density at radius 2 is 0.780 bits per heavy atom. The third-order valence-corrected chi connectivity index (χ3v) is 11.4. The van der Waals surface area contributed by atoms with Gasteiger partial charge in [-0.05, 0) is 135 Å². The zero-order valence-corrected chi connectivity index (χ0v) is 32.2. The number of anilines is 6. The van der Waals surface area contributed by atoms with E-state index in [1.807, 2.05) is 12.1 Å². The summed E-state index contributed by atoms with van der Waals surface area (Å²) >= 11 is 0. The molecule has 0 spiro atoms. The Morgan fingerprint density at radius 3 is 1.51 bits per heavy atom. The van der Waals surface area contributed by atoms with Crippen LogP contribution in [0.3, 0.4) is 0 Å². The van der Waals surface area contributed by atoms with Crippen molar-refractivity contribution in [2.24, 2.45) is 0 Å². The molecule has 10 aromatic carbocycles. The normalized spacial score (nSPS) is 11.4. The summed E-state index contributed by atoms with van der Waals surface area (Å²) in [6.07, 6.45) is 0. The van der Waals surface area contributed by atoms with E-state index in [1.165, 1.54) is 43.8 Å². The zero-order valence-electron chi connectivity index (χ0n) is 32.2. The van der Waals surface area contributed by atoms with Gasteiger partial charge in [-0.2, -0.15) is 0 Å². The maximum Gasteiger partial charge on any atom is 0.137 e. The molecule has 1 heterocycles. The largest absolute Gasteiger partial charge is 0.456 e. The van der Waals surface area contributed by atoms with Gasteiger partial charge in [-0.3, -0.25) is 0 Å². The second-order valence-corrected chi connectivity index (χ2v) is 15.0. The SMILES string of the molecule is c1ccc(N(c2ccc(-c3ccc4cc(-c5cccc6ccccc56)ccc4c3)cc2)c2ccc(N(c3ccccc3)c3cccc4oc5ccccc5c34)cc2)cc1. The second kappa shape index (κ2) is 14.6. The molecule has 11 rings (SSSR count). The molecule has 0 unspecified atom stereocenters. The van der Waals surface area contributed by atoms with Crippen molar-refractivity contribution in [3.63, 3.8) is 0 Å². The minimum atomic E-state index is 0.870. The molecule has 0 aliphatic rings. The summed E-state index contributed by atoms with van der Waals surface area (Å²) in [6, 6.07) is 82.3. The van der Waals surface area contributed by atoms with Crippen LogP contribution in [0.15, 0.2) is 235 Å². The zero-order chi connectivity index (χ0) is 39.1. The van der Waals surface area contributed by atoms with Gasteiger partial charge in [-0.25, -0.2) is 0 Å². The quantitative estimate of drug-likeness (QED) is 0.154. The summed E-state index contributed by atoms with van der Waals surface area (Å²) in [4.78, 5) is 4.64. The van der Waals surface area contributed by atoms with Crippen LogP contribution in [0.25, 0.3) is 65.7 Å². The van der Waals surface area contributed by atoms with E-state index in [-0.39, 0.29) is 0 Å². The molecule has 0 atom stereocenters. The number of fused-ring (bicyclic) bond motifs is 5. The first kappa shape index (κ1) is 34.4. The van der Waals surface area contributed by atoms with Gasteiger partial charge in [-0.1, -0.05) is 140 Å². The van der Waals surface area contributed by atoms with Crippen LogP contribution in [-0.2, 0) is 0 Å². The predicted molar refractivity (Wildman–Crippen MR) is 249 cm³/mol. The highest BCUT2D eigenvalue weighted by atomic mass is 16.3. The van der Waals surface area contributed by atoms with Crippen LogP contribution in [0.1, 0.15) is 0 Å². The molecule has 0 radical (unpaired) electrons.